The number of carbonyl (C=O) groups is 1. The summed E-state index contributed by atoms with van der Waals surface area (Å²) in [5.41, 5.74) is 3.00. The SMILES string of the molecule is CCc1nc(CC(C)C)sc1C(=O)NN. The fraction of sp³-hybridized carbons (Fsp3) is 0.600. The highest BCUT2D eigenvalue weighted by atomic mass is 32.1. The van der Waals surface area contributed by atoms with Gasteiger partial charge >= 0.3 is 0 Å². The van der Waals surface area contributed by atoms with E-state index in [1.807, 2.05) is 6.92 Å². The minimum atomic E-state index is -0.237. The summed E-state index contributed by atoms with van der Waals surface area (Å²) in [4.78, 5) is 16.5. The first-order valence-corrected chi connectivity index (χ1v) is 5.89. The van der Waals surface area contributed by atoms with Crippen LogP contribution in [0.1, 0.15) is 41.1 Å². The van der Waals surface area contributed by atoms with Gasteiger partial charge in [0.1, 0.15) is 4.88 Å². The highest BCUT2D eigenvalue weighted by Gasteiger charge is 2.16. The lowest BCUT2D eigenvalue weighted by molar-refractivity contribution is 0.0956. The maximum absolute atomic E-state index is 11.4. The number of aromatic nitrogens is 1. The van der Waals surface area contributed by atoms with E-state index in [0.717, 1.165) is 23.5 Å². The number of aryl methyl sites for hydroxylation is 1. The first-order valence-electron chi connectivity index (χ1n) is 5.08. The number of amides is 1. The molecule has 1 heterocycles. The predicted octanol–water partition coefficient (Wildman–Crippen LogP) is 1.51. The quantitative estimate of drug-likeness (QED) is 0.465. The van der Waals surface area contributed by atoms with Crippen LogP contribution in [0.3, 0.4) is 0 Å². The van der Waals surface area contributed by atoms with Crippen molar-refractivity contribution in [2.45, 2.75) is 33.6 Å². The Bertz CT molecular complexity index is 346. The number of thiazole rings is 1. The smallest absolute Gasteiger partial charge is 0.277 e. The van der Waals surface area contributed by atoms with Gasteiger partial charge in [-0.2, -0.15) is 0 Å². The molecule has 0 aromatic carbocycles. The third-order valence-corrected chi connectivity index (χ3v) is 3.12. The average molecular weight is 227 g/mol. The van der Waals surface area contributed by atoms with E-state index in [9.17, 15) is 4.79 Å². The van der Waals surface area contributed by atoms with Crippen LogP contribution in [0.5, 0.6) is 0 Å². The van der Waals surface area contributed by atoms with Crippen LogP contribution < -0.4 is 11.3 Å². The first-order chi connectivity index (χ1) is 7.08. The van der Waals surface area contributed by atoms with Gasteiger partial charge in [0.2, 0.25) is 0 Å². The van der Waals surface area contributed by atoms with Crippen LogP contribution in [0.25, 0.3) is 0 Å². The summed E-state index contributed by atoms with van der Waals surface area (Å²) in [7, 11) is 0. The summed E-state index contributed by atoms with van der Waals surface area (Å²) in [6, 6.07) is 0. The topological polar surface area (TPSA) is 68.0 Å². The molecule has 0 fully saturated rings. The summed E-state index contributed by atoms with van der Waals surface area (Å²) >= 11 is 1.44. The molecule has 1 amide bonds. The molecule has 0 unspecified atom stereocenters. The van der Waals surface area contributed by atoms with Crippen LogP contribution in [0, 0.1) is 5.92 Å². The van der Waals surface area contributed by atoms with Gasteiger partial charge in [0.05, 0.1) is 10.7 Å². The Hall–Kier alpha value is -0.940. The zero-order valence-electron chi connectivity index (χ0n) is 9.33. The van der Waals surface area contributed by atoms with Crippen molar-refractivity contribution in [2.75, 3.05) is 0 Å². The maximum Gasteiger partial charge on any atom is 0.277 e. The molecule has 4 nitrogen and oxygen atoms in total. The summed E-state index contributed by atoms with van der Waals surface area (Å²) < 4.78 is 0. The largest absolute Gasteiger partial charge is 0.289 e. The fourth-order valence-electron chi connectivity index (χ4n) is 1.32. The normalized spacial score (nSPS) is 10.7. The Morgan fingerprint density at radius 1 is 1.60 bits per heavy atom. The van der Waals surface area contributed by atoms with E-state index < -0.39 is 0 Å². The van der Waals surface area contributed by atoms with Crippen molar-refractivity contribution < 1.29 is 4.79 Å². The molecule has 0 radical (unpaired) electrons. The second kappa shape index (κ2) is 5.23. The molecule has 0 aliphatic carbocycles. The Morgan fingerprint density at radius 3 is 2.73 bits per heavy atom. The summed E-state index contributed by atoms with van der Waals surface area (Å²) in [6.45, 7) is 6.26. The van der Waals surface area contributed by atoms with Crippen molar-refractivity contribution in [1.29, 1.82) is 0 Å². The van der Waals surface area contributed by atoms with Crippen molar-refractivity contribution >= 4 is 17.2 Å². The van der Waals surface area contributed by atoms with E-state index in [1.54, 1.807) is 0 Å². The molecular weight excluding hydrogens is 210 g/mol. The Kier molecular flexibility index (Phi) is 4.23. The zero-order chi connectivity index (χ0) is 11.4. The van der Waals surface area contributed by atoms with Crippen LogP contribution in [-0.4, -0.2) is 10.9 Å². The van der Waals surface area contributed by atoms with Gasteiger partial charge in [0, 0.05) is 6.42 Å². The molecule has 84 valence electrons. The minimum absolute atomic E-state index is 0.237. The molecule has 3 N–H and O–H groups in total. The van der Waals surface area contributed by atoms with Gasteiger partial charge in [-0.1, -0.05) is 20.8 Å². The zero-order valence-corrected chi connectivity index (χ0v) is 10.1. The third kappa shape index (κ3) is 3.00. The molecule has 15 heavy (non-hydrogen) atoms. The lowest BCUT2D eigenvalue weighted by Crippen LogP contribution is -2.30. The van der Waals surface area contributed by atoms with Crippen LogP contribution in [0.15, 0.2) is 0 Å². The summed E-state index contributed by atoms with van der Waals surface area (Å²) in [6.07, 6.45) is 1.67. The lowest BCUT2D eigenvalue weighted by atomic mass is 10.1. The van der Waals surface area contributed by atoms with Crippen molar-refractivity contribution in [2.24, 2.45) is 11.8 Å². The molecule has 1 aromatic heterocycles. The Labute approximate surface area is 93.9 Å². The van der Waals surface area contributed by atoms with E-state index in [0.29, 0.717) is 10.8 Å². The highest BCUT2D eigenvalue weighted by molar-refractivity contribution is 7.13. The second-order valence-corrected chi connectivity index (χ2v) is 4.89. The number of nitrogens with two attached hydrogens (primary N) is 1. The summed E-state index contributed by atoms with van der Waals surface area (Å²) in [5, 5.41) is 1.01. The molecule has 0 bridgehead atoms. The number of carbonyl (C=O) groups excluding carboxylic acids is 1. The second-order valence-electron chi connectivity index (χ2n) is 3.81. The van der Waals surface area contributed by atoms with Crippen LogP contribution in [0.2, 0.25) is 0 Å². The predicted molar refractivity (Wildman–Crippen MR) is 61.7 cm³/mol. The monoisotopic (exact) mass is 227 g/mol. The lowest BCUT2D eigenvalue weighted by Gasteiger charge is -1.98. The maximum atomic E-state index is 11.4. The number of hydrogen-bond acceptors (Lipinski definition) is 4. The molecule has 0 saturated heterocycles. The molecule has 0 saturated carbocycles. The van der Waals surface area contributed by atoms with Gasteiger partial charge in [-0.3, -0.25) is 10.2 Å². The number of hydrazine groups is 1. The van der Waals surface area contributed by atoms with Gasteiger partial charge < -0.3 is 0 Å². The fourth-order valence-corrected chi connectivity index (χ4v) is 2.59. The molecule has 0 aliphatic heterocycles. The highest BCUT2D eigenvalue weighted by Crippen LogP contribution is 2.21. The molecular formula is C10H17N3OS. The number of rotatable bonds is 4. The Balaban J connectivity index is 2.95. The standard InChI is InChI=1S/C10H17N3OS/c1-4-7-9(10(14)13-11)15-8(12-7)5-6(2)3/h6H,4-5,11H2,1-3H3,(H,13,14). The van der Waals surface area contributed by atoms with E-state index in [1.165, 1.54) is 11.3 Å². The van der Waals surface area contributed by atoms with Crippen molar-refractivity contribution in [3.63, 3.8) is 0 Å². The molecule has 1 aromatic rings. The van der Waals surface area contributed by atoms with E-state index in [-0.39, 0.29) is 5.91 Å². The van der Waals surface area contributed by atoms with Crippen molar-refractivity contribution in [3.8, 4) is 0 Å². The molecule has 5 heteroatoms. The van der Waals surface area contributed by atoms with E-state index in [4.69, 9.17) is 5.84 Å². The van der Waals surface area contributed by atoms with Crippen LogP contribution in [0.4, 0.5) is 0 Å². The minimum Gasteiger partial charge on any atom is -0.289 e. The van der Waals surface area contributed by atoms with Gasteiger partial charge in [-0.25, -0.2) is 10.8 Å². The van der Waals surface area contributed by atoms with Gasteiger partial charge in [-0.05, 0) is 12.3 Å². The number of nitrogens with zero attached hydrogens (tertiary/aromatic N) is 1. The van der Waals surface area contributed by atoms with Crippen LogP contribution >= 0.6 is 11.3 Å². The third-order valence-electron chi connectivity index (χ3n) is 2.00. The van der Waals surface area contributed by atoms with Gasteiger partial charge in [0.15, 0.2) is 0 Å². The summed E-state index contributed by atoms with van der Waals surface area (Å²) in [5.74, 6) is 5.43. The van der Waals surface area contributed by atoms with Crippen LogP contribution in [-0.2, 0) is 12.8 Å². The molecule has 0 atom stereocenters. The van der Waals surface area contributed by atoms with Crippen molar-refractivity contribution in [1.82, 2.24) is 10.4 Å². The van der Waals surface area contributed by atoms with Gasteiger partial charge in [-0.15, -0.1) is 11.3 Å². The molecule has 1 rings (SSSR count). The van der Waals surface area contributed by atoms with Gasteiger partial charge in [0.25, 0.3) is 5.91 Å². The number of nitrogen functional groups attached to an aromatic ring is 1. The first kappa shape index (κ1) is 12.1. The molecule has 0 aliphatic rings. The van der Waals surface area contributed by atoms with Crippen molar-refractivity contribution in [3.05, 3.63) is 15.6 Å². The molecule has 0 spiro atoms. The average Bonchev–Trinajstić information content (AvgIpc) is 2.58. The number of hydrogen-bond donors (Lipinski definition) is 2. The van der Waals surface area contributed by atoms with E-state index in [2.05, 4.69) is 24.3 Å². The number of nitrogens with one attached hydrogen (secondary N) is 1. The van der Waals surface area contributed by atoms with E-state index >= 15 is 0 Å². The Morgan fingerprint density at radius 2 is 2.27 bits per heavy atom.